The highest BCUT2D eigenvalue weighted by molar-refractivity contribution is 9.10. The first kappa shape index (κ1) is 13.4. The van der Waals surface area contributed by atoms with Crippen LogP contribution in [0, 0.1) is 5.82 Å². The zero-order valence-corrected chi connectivity index (χ0v) is 11.1. The van der Waals surface area contributed by atoms with Gasteiger partial charge in [0.25, 0.3) is 0 Å². The van der Waals surface area contributed by atoms with Crippen LogP contribution in [0.5, 0.6) is 0 Å². The van der Waals surface area contributed by atoms with Crippen LogP contribution in [-0.2, 0) is 0 Å². The molecule has 0 saturated heterocycles. The molecule has 16 heavy (non-hydrogen) atoms. The third kappa shape index (κ3) is 3.42. The van der Waals surface area contributed by atoms with Gasteiger partial charge in [-0.2, -0.15) is 0 Å². The van der Waals surface area contributed by atoms with Gasteiger partial charge in [0.15, 0.2) is 0 Å². The summed E-state index contributed by atoms with van der Waals surface area (Å²) in [5.41, 5.74) is 0.952. The Labute approximate surface area is 105 Å². The van der Waals surface area contributed by atoms with Crippen molar-refractivity contribution < 1.29 is 4.39 Å². The topological polar surface area (TPSA) is 12.0 Å². The zero-order chi connectivity index (χ0) is 12.0. The minimum atomic E-state index is -0.218. The summed E-state index contributed by atoms with van der Waals surface area (Å²) in [5, 5.41) is 3.39. The Morgan fingerprint density at radius 1 is 1.56 bits per heavy atom. The number of benzene rings is 1. The molecule has 0 aliphatic heterocycles. The van der Waals surface area contributed by atoms with E-state index >= 15 is 0 Å². The Bertz CT molecular complexity index is 352. The van der Waals surface area contributed by atoms with Gasteiger partial charge in [0, 0.05) is 6.04 Å². The quantitative estimate of drug-likeness (QED) is 0.773. The van der Waals surface area contributed by atoms with Crippen molar-refractivity contribution in [3.63, 3.8) is 0 Å². The highest BCUT2D eigenvalue weighted by Crippen LogP contribution is 2.28. The van der Waals surface area contributed by atoms with Gasteiger partial charge in [0.05, 0.1) is 4.47 Å². The Balaban J connectivity index is 2.91. The van der Waals surface area contributed by atoms with Gasteiger partial charge in [-0.15, -0.1) is 6.58 Å². The minimum absolute atomic E-state index is 0.127. The third-order valence-electron chi connectivity index (χ3n) is 2.40. The Kier molecular flexibility index (Phi) is 5.71. The van der Waals surface area contributed by atoms with Crippen LogP contribution in [0.1, 0.15) is 31.4 Å². The van der Waals surface area contributed by atoms with Crippen molar-refractivity contribution in [3.8, 4) is 0 Å². The molecule has 1 N–H and O–H groups in total. The number of hydrogen-bond donors (Lipinski definition) is 1. The van der Waals surface area contributed by atoms with E-state index in [0.717, 1.165) is 24.9 Å². The summed E-state index contributed by atoms with van der Waals surface area (Å²) < 4.78 is 13.9. The molecule has 3 heteroatoms. The van der Waals surface area contributed by atoms with Crippen LogP contribution < -0.4 is 5.32 Å². The first-order valence-corrected chi connectivity index (χ1v) is 6.28. The number of nitrogens with one attached hydrogen (secondary N) is 1. The summed E-state index contributed by atoms with van der Waals surface area (Å²) in [5.74, 6) is -0.218. The Hall–Kier alpha value is -0.670. The summed E-state index contributed by atoms with van der Waals surface area (Å²) in [6, 6.07) is 5.25. The molecule has 88 valence electrons. The van der Waals surface area contributed by atoms with Crippen LogP contribution >= 0.6 is 15.9 Å². The van der Waals surface area contributed by atoms with Crippen molar-refractivity contribution >= 4 is 15.9 Å². The van der Waals surface area contributed by atoms with Crippen LogP contribution in [0.2, 0.25) is 0 Å². The molecule has 0 saturated carbocycles. The highest BCUT2D eigenvalue weighted by Gasteiger charge is 2.14. The summed E-state index contributed by atoms with van der Waals surface area (Å²) in [6.45, 7) is 6.76. The lowest BCUT2D eigenvalue weighted by Gasteiger charge is -2.18. The molecule has 0 fully saturated rings. The predicted molar refractivity (Wildman–Crippen MR) is 69.9 cm³/mol. The molecule has 0 radical (unpaired) electrons. The zero-order valence-electron chi connectivity index (χ0n) is 9.47. The van der Waals surface area contributed by atoms with E-state index in [4.69, 9.17) is 0 Å². The van der Waals surface area contributed by atoms with Gasteiger partial charge >= 0.3 is 0 Å². The average molecular weight is 286 g/mol. The van der Waals surface area contributed by atoms with E-state index in [1.807, 2.05) is 12.1 Å². The van der Waals surface area contributed by atoms with Gasteiger partial charge < -0.3 is 5.32 Å². The lowest BCUT2D eigenvalue weighted by atomic mass is 10.0. The van der Waals surface area contributed by atoms with Crippen LogP contribution in [0.4, 0.5) is 4.39 Å². The van der Waals surface area contributed by atoms with Crippen molar-refractivity contribution in [1.29, 1.82) is 0 Å². The fourth-order valence-electron chi connectivity index (χ4n) is 1.60. The van der Waals surface area contributed by atoms with Crippen molar-refractivity contribution in [3.05, 3.63) is 46.7 Å². The first-order chi connectivity index (χ1) is 7.70. The van der Waals surface area contributed by atoms with E-state index in [0.29, 0.717) is 4.47 Å². The second-order valence-corrected chi connectivity index (χ2v) is 4.47. The molecule has 1 rings (SSSR count). The van der Waals surface area contributed by atoms with E-state index in [1.54, 1.807) is 6.07 Å². The molecule has 0 spiro atoms. The van der Waals surface area contributed by atoms with Gasteiger partial charge in [-0.1, -0.05) is 25.1 Å². The van der Waals surface area contributed by atoms with E-state index in [2.05, 4.69) is 34.7 Å². The summed E-state index contributed by atoms with van der Waals surface area (Å²) in [4.78, 5) is 0. The fraction of sp³-hybridized carbons (Fsp3) is 0.385. The monoisotopic (exact) mass is 285 g/mol. The highest BCUT2D eigenvalue weighted by atomic mass is 79.9. The maximum atomic E-state index is 13.4. The molecular formula is C13H17BrFN. The molecule has 1 aromatic carbocycles. The smallest absolute Gasteiger partial charge is 0.137 e. The normalized spacial score (nSPS) is 12.4. The summed E-state index contributed by atoms with van der Waals surface area (Å²) in [7, 11) is 0. The maximum Gasteiger partial charge on any atom is 0.137 e. The number of halogens is 2. The third-order valence-corrected chi connectivity index (χ3v) is 3.24. The second-order valence-electron chi connectivity index (χ2n) is 3.67. The molecule has 1 atom stereocenters. The van der Waals surface area contributed by atoms with Gasteiger partial charge in [-0.05, 0) is 46.9 Å². The molecule has 0 aromatic heterocycles. The molecule has 1 nitrogen and oxygen atoms in total. The SMILES string of the molecule is C=CCC(NCCC)c1cccc(F)c1Br. The molecule has 0 bridgehead atoms. The maximum absolute atomic E-state index is 13.4. The van der Waals surface area contributed by atoms with E-state index in [1.165, 1.54) is 6.07 Å². The molecule has 0 amide bonds. The van der Waals surface area contributed by atoms with Gasteiger partial charge in [-0.25, -0.2) is 4.39 Å². The van der Waals surface area contributed by atoms with Crippen molar-refractivity contribution in [2.45, 2.75) is 25.8 Å². The standard InChI is InChI=1S/C13H17BrFN/c1-3-6-12(16-9-4-2)10-7-5-8-11(15)13(10)14/h3,5,7-8,12,16H,1,4,6,9H2,2H3. The van der Waals surface area contributed by atoms with Gasteiger partial charge in [0.2, 0.25) is 0 Å². The minimum Gasteiger partial charge on any atom is -0.310 e. The predicted octanol–water partition coefficient (Wildman–Crippen LogP) is 4.21. The molecular weight excluding hydrogens is 269 g/mol. The summed E-state index contributed by atoms with van der Waals surface area (Å²) >= 11 is 3.29. The molecule has 0 aliphatic rings. The Morgan fingerprint density at radius 3 is 2.94 bits per heavy atom. The van der Waals surface area contributed by atoms with Crippen molar-refractivity contribution in [2.24, 2.45) is 0 Å². The average Bonchev–Trinajstić information content (AvgIpc) is 2.28. The van der Waals surface area contributed by atoms with E-state index < -0.39 is 0 Å². The van der Waals surface area contributed by atoms with Gasteiger partial charge in [-0.3, -0.25) is 0 Å². The largest absolute Gasteiger partial charge is 0.310 e. The van der Waals surface area contributed by atoms with Crippen LogP contribution in [0.15, 0.2) is 35.3 Å². The van der Waals surface area contributed by atoms with Crippen molar-refractivity contribution in [2.75, 3.05) is 6.54 Å². The molecule has 1 unspecified atom stereocenters. The molecule has 0 heterocycles. The Morgan fingerprint density at radius 2 is 2.31 bits per heavy atom. The number of rotatable bonds is 6. The number of hydrogen-bond acceptors (Lipinski definition) is 1. The molecule has 1 aromatic rings. The second kappa shape index (κ2) is 6.81. The van der Waals surface area contributed by atoms with E-state index in [9.17, 15) is 4.39 Å². The molecule has 0 aliphatic carbocycles. The van der Waals surface area contributed by atoms with Crippen molar-refractivity contribution in [1.82, 2.24) is 5.32 Å². The van der Waals surface area contributed by atoms with Crippen LogP contribution in [0.25, 0.3) is 0 Å². The fourth-order valence-corrected chi connectivity index (χ4v) is 2.14. The lowest BCUT2D eigenvalue weighted by molar-refractivity contribution is 0.528. The van der Waals surface area contributed by atoms with Crippen LogP contribution in [-0.4, -0.2) is 6.54 Å². The van der Waals surface area contributed by atoms with Gasteiger partial charge in [0.1, 0.15) is 5.82 Å². The van der Waals surface area contributed by atoms with Crippen LogP contribution in [0.3, 0.4) is 0 Å². The lowest BCUT2D eigenvalue weighted by Crippen LogP contribution is -2.22. The van der Waals surface area contributed by atoms with E-state index in [-0.39, 0.29) is 11.9 Å². The summed E-state index contributed by atoms with van der Waals surface area (Å²) in [6.07, 6.45) is 3.70. The first-order valence-electron chi connectivity index (χ1n) is 5.48.